The van der Waals surface area contributed by atoms with E-state index in [1.54, 1.807) is 36.2 Å². The third-order valence-electron chi connectivity index (χ3n) is 5.54. The number of likely N-dealkylation sites (N-methyl/N-ethyl adjacent to an activating group) is 1. The molecule has 1 saturated carbocycles. The lowest BCUT2D eigenvalue weighted by atomic mass is 9.80. The molecule has 0 radical (unpaired) electrons. The number of anilines is 1. The van der Waals surface area contributed by atoms with Crippen LogP contribution >= 0.6 is 11.6 Å². The number of para-hydroxylation sites is 1. The van der Waals surface area contributed by atoms with Gasteiger partial charge in [0.15, 0.2) is 11.8 Å². The molecule has 5 heteroatoms. The van der Waals surface area contributed by atoms with Crippen LogP contribution in [0.25, 0.3) is 0 Å². The summed E-state index contributed by atoms with van der Waals surface area (Å²) >= 11 is 5.94. The smallest absolute Gasteiger partial charge is 0.253 e. The summed E-state index contributed by atoms with van der Waals surface area (Å²) in [5.74, 6) is 2.27. The molecule has 2 aromatic carbocycles. The summed E-state index contributed by atoms with van der Waals surface area (Å²) in [6, 6.07) is 14.9. The average Bonchev–Trinajstić information content (AvgIpc) is 2.76. The fourth-order valence-electron chi connectivity index (χ4n) is 4.01. The van der Waals surface area contributed by atoms with Gasteiger partial charge in [-0.1, -0.05) is 55.0 Å². The van der Waals surface area contributed by atoms with Crippen LogP contribution in [0, 0.1) is 12.3 Å². The number of benzene rings is 2. The van der Waals surface area contributed by atoms with Gasteiger partial charge in [0, 0.05) is 16.3 Å². The Labute approximate surface area is 177 Å². The number of halogens is 1. The molecular weight excluding hydrogens is 384 g/mol. The van der Waals surface area contributed by atoms with Gasteiger partial charge in [0.1, 0.15) is 5.54 Å². The van der Waals surface area contributed by atoms with E-state index >= 15 is 0 Å². The third-order valence-corrected chi connectivity index (χ3v) is 5.79. The second-order valence-electron chi connectivity index (χ2n) is 7.34. The number of terminal acetylenes is 1. The van der Waals surface area contributed by atoms with Gasteiger partial charge in [-0.25, -0.2) is 0 Å². The second kappa shape index (κ2) is 9.26. The van der Waals surface area contributed by atoms with Crippen molar-refractivity contribution >= 4 is 29.0 Å². The fraction of sp³-hybridized carbons (Fsp3) is 0.333. The number of Topliss-reactive ketones (excluding diaryl/α,β-unsaturated/α-hetero) is 1. The van der Waals surface area contributed by atoms with Crippen molar-refractivity contribution in [3.8, 4) is 12.3 Å². The zero-order valence-electron chi connectivity index (χ0n) is 16.5. The topological polar surface area (TPSA) is 49.4 Å². The molecule has 0 spiro atoms. The Hall–Kier alpha value is -2.61. The summed E-state index contributed by atoms with van der Waals surface area (Å²) < 4.78 is 0. The molecule has 0 aliphatic heterocycles. The number of carbonyl (C=O) groups excluding carboxylic acids is 2. The minimum absolute atomic E-state index is 0.307. The highest BCUT2D eigenvalue weighted by Gasteiger charge is 2.43. The van der Waals surface area contributed by atoms with Gasteiger partial charge in [-0.2, -0.15) is 0 Å². The molecule has 1 unspecified atom stereocenters. The molecular formula is C24H25ClN2O2. The van der Waals surface area contributed by atoms with Crippen molar-refractivity contribution in [3.63, 3.8) is 0 Å². The first-order chi connectivity index (χ1) is 14.0. The van der Waals surface area contributed by atoms with E-state index in [1.807, 2.05) is 30.3 Å². The predicted molar refractivity (Wildman–Crippen MR) is 117 cm³/mol. The highest BCUT2D eigenvalue weighted by molar-refractivity contribution is 6.30. The van der Waals surface area contributed by atoms with Gasteiger partial charge in [0.2, 0.25) is 0 Å². The molecule has 0 bridgehead atoms. The van der Waals surface area contributed by atoms with Crippen LogP contribution in [-0.4, -0.2) is 30.3 Å². The highest BCUT2D eigenvalue weighted by Crippen LogP contribution is 2.37. The normalized spacial score (nSPS) is 16.4. The van der Waals surface area contributed by atoms with E-state index < -0.39 is 11.6 Å². The zero-order chi connectivity index (χ0) is 20.9. The average molecular weight is 409 g/mol. The van der Waals surface area contributed by atoms with Crippen LogP contribution < -0.4 is 10.2 Å². The van der Waals surface area contributed by atoms with Crippen LogP contribution in [0.3, 0.4) is 0 Å². The van der Waals surface area contributed by atoms with Crippen LogP contribution in [0.15, 0.2) is 54.6 Å². The van der Waals surface area contributed by atoms with Gasteiger partial charge in [0.05, 0.1) is 0 Å². The lowest BCUT2D eigenvalue weighted by Crippen LogP contribution is -2.59. The molecule has 2 aromatic rings. The van der Waals surface area contributed by atoms with Crippen LogP contribution in [-0.2, 0) is 4.79 Å². The number of amides is 1. The number of hydrogen-bond acceptors (Lipinski definition) is 3. The summed E-state index contributed by atoms with van der Waals surface area (Å²) in [6.45, 7) is 0. The summed E-state index contributed by atoms with van der Waals surface area (Å²) in [5.41, 5.74) is 0.404. The first-order valence-corrected chi connectivity index (χ1v) is 10.2. The van der Waals surface area contributed by atoms with Crippen molar-refractivity contribution in [1.29, 1.82) is 0 Å². The Morgan fingerprint density at radius 1 is 1.07 bits per heavy atom. The number of rotatable bonds is 6. The fourth-order valence-corrected chi connectivity index (χ4v) is 4.13. The molecule has 1 N–H and O–H groups in total. The highest BCUT2D eigenvalue weighted by atomic mass is 35.5. The van der Waals surface area contributed by atoms with E-state index in [9.17, 15) is 9.59 Å². The first kappa shape index (κ1) is 21.1. The number of carbonyl (C=O) groups is 2. The van der Waals surface area contributed by atoms with Crippen molar-refractivity contribution in [2.45, 2.75) is 43.7 Å². The Balaban J connectivity index is 2.02. The van der Waals surface area contributed by atoms with Gasteiger partial charge in [-0.3, -0.25) is 14.5 Å². The van der Waals surface area contributed by atoms with Crippen molar-refractivity contribution in [1.82, 2.24) is 5.32 Å². The standard InChI is InChI=1S/C24H25ClN2O2/c1-3-24(16-8-5-9-17-24)27(20-10-6-4-7-11-20)23(29)21(26-2)22(28)18-12-14-19(25)15-13-18/h1,4,6-7,10-15,21,26H,5,8-9,16-17H2,2H3. The van der Waals surface area contributed by atoms with E-state index in [0.29, 0.717) is 16.3 Å². The van der Waals surface area contributed by atoms with Crippen molar-refractivity contribution < 1.29 is 9.59 Å². The molecule has 3 rings (SSSR count). The first-order valence-electron chi connectivity index (χ1n) is 9.86. The quantitative estimate of drug-likeness (QED) is 0.435. The largest absolute Gasteiger partial charge is 0.302 e. The number of nitrogens with one attached hydrogen (secondary N) is 1. The van der Waals surface area contributed by atoms with Crippen LogP contribution in [0.1, 0.15) is 42.5 Å². The van der Waals surface area contributed by atoms with Crippen LogP contribution in [0.2, 0.25) is 5.02 Å². The lowest BCUT2D eigenvalue weighted by Gasteiger charge is -2.44. The maximum absolute atomic E-state index is 13.7. The van der Waals surface area contributed by atoms with Crippen molar-refractivity contribution in [3.05, 3.63) is 65.2 Å². The van der Waals surface area contributed by atoms with Crippen LogP contribution in [0.5, 0.6) is 0 Å². The summed E-state index contributed by atoms with van der Waals surface area (Å²) in [4.78, 5) is 28.5. The summed E-state index contributed by atoms with van der Waals surface area (Å²) in [6.07, 6.45) is 10.4. The van der Waals surface area contributed by atoms with E-state index in [0.717, 1.165) is 32.1 Å². The van der Waals surface area contributed by atoms with Crippen molar-refractivity contribution in [2.75, 3.05) is 11.9 Å². The van der Waals surface area contributed by atoms with Gasteiger partial charge in [-0.05, 0) is 56.3 Å². The second-order valence-corrected chi connectivity index (χ2v) is 7.78. The van der Waals surface area contributed by atoms with E-state index in [2.05, 4.69) is 11.2 Å². The minimum atomic E-state index is -1.04. The van der Waals surface area contributed by atoms with Gasteiger partial charge in [0.25, 0.3) is 5.91 Å². The van der Waals surface area contributed by atoms with Gasteiger partial charge in [-0.15, -0.1) is 6.42 Å². The monoisotopic (exact) mass is 408 g/mol. The molecule has 29 heavy (non-hydrogen) atoms. The Morgan fingerprint density at radius 3 is 2.24 bits per heavy atom. The molecule has 1 amide bonds. The molecule has 150 valence electrons. The van der Waals surface area contributed by atoms with Crippen LogP contribution in [0.4, 0.5) is 5.69 Å². The molecule has 0 aromatic heterocycles. The predicted octanol–water partition coefficient (Wildman–Crippen LogP) is 4.48. The van der Waals surface area contributed by atoms with E-state index in [1.165, 1.54) is 0 Å². The maximum atomic E-state index is 13.7. The Bertz CT molecular complexity index is 897. The molecule has 1 fully saturated rings. The molecule has 0 saturated heterocycles. The van der Waals surface area contributed by atoms with E-state index in [4.69, 9.17) is 18.0 Å². The summed E-state index contributed by atoms with van der Waals surface area (Å²) in [5, 5.41) is 3.44. The maximum Gasteiger partial charge on any atom is 0.253 e. The van der Waals surface area contributed by atoms with Crippen molar-refractivity contribution in [2.24, 2.45) is 0 Å². The van der Waals surface area contributed by atoms with Gasteiger partial charge >= 0.3 is 0 Å². The third kappa shape index (κ3) is 4.37. The minimum Gasteiger partial charge on any atom is -0.302 e. The number of hydrogen-bond donors (Lipinski definition) is 1. The Morgan fingerprint density at radius 2 is 1.69 bits per heavy atom. The summed E-state index contributed by atoms with van der Waals surface area (Å²) in [7, 11) is 1.61. The SMILES string of the molecule is C#CC1(N(C(=O)C(NC)C(=O)c2ccc(Cl)cc2)c2ccccc2)CCCCC1. The van der Waals surface area contributed by atoms with Gasteiger partial charge < -0.3 is 5.32 Å². The molecule has 4 nitrogen and oxygen atoms in total. The zero-order valence-corrected chi connectivity index (χ0v) is 17.3. The van der Waals surface area contributed by atoms with E-state index in [-0.39, 0.29) is 11.7 Å². The molecule has 1 atom stereocenters. The molecule has 1 aliphatic carbocycles. The molecule has 1 aliphatic rings. The lowest BCUT2D eigenvalue weighted by molar-refractivity contribution is -0.120. The Kier molecular flexibility index (Phi) is 6.74. The number of ketones is 1. The number of nitrogens with zero attached hydrogens (tertiary/aromatic N) is 1. The molecule has 0 heterocycles.